The summed E-state index contributed by atoms with van der Waals surface area (Å²) in [5, 5.41) is 88.0. The van der Waals surface area contributed by atoms with Gasteiger partial charge in [0.15, 0.2) is 0 Å². The Bertz CT molecular complexity index is 4190. The third-order valence-electron chi connectivity index (χ3n) is 12.3. The van der Waals surface area contributed by atoms with E-state index in [0.717, 1.165) is 59.2 Å². The zero-order valence-corrected chi connectivity index (χ0v) is 42.6. The van der Waals surface area contributed by atoms with Crippen molar-refractivity contribution in [3.05, 3.63) is 244 Å². The Morgan fingerprint density at radius 3 is 1.42 bits per heavy atom. The van der Waals surface area contributed by atoms with Crippen LogP contribution in [0.15, 0.2) is 164 Å². The van der Waals surface area contributed by atoms with Crippen LogP contribution in [0.5, 0.6) is 0 Å². The Morgan fingerprint density at radius 2 is 0.818 bits per heavy atom. The Kier molecular flexibility index (Phi) is 14.0. The van der Waals surface area contributed by atoms with Crippen molar-refractivity contribution in [3.63, 3.8) is 0 Å². The van der Waals surface area contributed by atoms with E-state index < -0.39 is 9.85 Å². The van der Waals surface area contributed by atoms with E-state index in [1.165, 1.54) is 26.5 Å². The van der Waals surface area contributed by atoms with Crippen molar-refractivity contribution in [2.75, 3.05) is 0 Å². The van der Waals surface area contributed by atoms with Gasteiger partial charge in [0.05, 0.1) is 36.3 Å². The summed E-state index contributed by atoms with van der Waals surface area (Å²) >= 11 is 0. The van der Waals surface area contributed by atoms with E-state index in [1.54, 1.807) is 56.3 Å². The van der Waals surface area contributed by atoms with Gasteiger partial charge in [-0.2, -0.15) is 0 Å². The SMILES string of the molecule is Cc1ccc(-n2nc3c([N+](=O)[O-])cc(C)cc3[n+]2[O-])cc1.Cc1ccc(-n2nc3cc(C)c([N+](=O)[O-])cc3[n+]2[O-])cc1.Cc1ccc2nn(-c3ccccc3)[n+]([O-])c2c1.Cc1cccc(-n2nc3c(C)cccc3[n+]2[O-])c1. The highest BCUT2D eigenvalue weighted by molar-refractivity contribution is 5.82. The second kappa shape index (κ2) is 21.1. The van der Waals surface area contributed by atoms with Crippen LogP contribution in [0.2, 0.25) is 0 Å². The minimum atomic E-state index is -0.526. The van der Waals surface area contributed by atoms with Gasteiger partial charge in [-0.05, 0) is 157 Å². The minimum Gasteiger partial charge on any atom is -0.692 e. The summed E-state index contributed by atoms with van der Waals surface area (Å²) in [7, 11) is 0. The van der Waals surface area contributed by atoms with E-state index in [0.29, 0.717) is 54.3 Å². The van der Waals surface area contributed by atoms with Gasteiger partial charge >= 0.3 is 11.2 Å². The van der Waals surface area contributed by atoms with Crippen molar-refractivity contribution >= 4 is 55.5 Å². The molecular weight excluding hydrogens is 985 g/mol. The van der Waals surface area contributed by atoms with Crippen LogP contribution >= 0.6 is 0 Å². The van der Waals surface area contributed by atoms with Crippen LogP contribution in [0.4, 0.5) is 11.4 Å². The third kappa shape index (κ3) is 10.5. The Hall–Kier alpha value is -10.6. The number of nitrogens with zero attached hydrogens (tertiary/aromatic N) is 14. The molecule has 0 saturated heterocycles. The van der Waals surface area contributed by atoms with Crippen molar-refractivity contribution in [3.8, 4) is 22.7 Å². The number of hydrogen-bond acceptors (Lipinski definition) is 12. The highest BCUT2D eigenvalue weighted by Gasteiger charge is 2.27. The molecule has 4 heterocycles. The van der Waals surface area contributed by atoms with Crippen molar-refractivity contribution < 1.29 is 29.2 Å². The van der Waals surface area contributed by atoms with Crippen LogP contribution in [0.1, 0.15) is 38.9 Å². The van der Waals surface area contributed by atoms with Gasteiger partial charge in [0.25, 0.3) is 16.7 Å². The third-order valence-corrected chi connectivity index (χ3v) is 12.3. The first-order valence-electron chi connectivity index (χ1n) is 23.9. The maximum Gasteiger partial charge on any atom is 0.327 e. The maximum absolute atomic E-state index is 12.3. The first-order valence-corrected chi connectivity index (χ1v) is 23.9. The van der Waals surface area contributed by atoms with Crippen LogP contribution in [-0.4, -0.2) is 49.4 Å². The summed E-state index contributed by atoms with van der Waals surface area (Å²) in [4.78, 5) is 28.9. The fourth-order valence-corrected chi connectivity index (χ4v) is 8.31. The average molecular weight is 1030 g/mol. The fourth-order valence-electron chi connectivity index (χ4n) is 8.31. The van der Waals surface area contributed by atoms with Crippen LogP contribution in [0.25, 0.3) is 66.9 Å². The Morgan fingerprint density at radius 1 is 0.351 bits per heavy atom. The molecule has 0 aliphatic rings. The largest absolute Gasteiger partial charge is 0.692 e. The van der Waals surface area contributed by atoms with Crippen molar-refractivity contribution in [1.82, 2.24) is 39.6 Å². The molecule has 0 saturated carbocycles. The molecule has 0 aliphatic heterocycles. The van der Waals surface area contributed by atoms with E-state index >= 15 is 0 Å². The van der Waals surface area contributed by atoms with E-state index in [9.17, 15) is 41.1 Å². The molecule has 0 aliphatic carbocycles. The van der Waals surface area contributed by atoms with Crippen LogP contribution < -0.4 is 19.4 Å². The lowest BCUT2D eigenvalue weighted by atomic mass is 10.2. The molecule has 0 fully saturated rings. The number of fused-ring (bicyclic) bond motifs is 4. The molecule has 386 valence electrons. The van der Waals surface area contributed by atoms with Gasteiger partial charge in [-0.25, -0.2) is 0 Å². The summed E-state index contributed by atoms with van der Waals surface area (Å²) < 4.78 is 0. The quantitative estimate of drug-likeness (QED) is 0.0656. The van der Waals surface area contributed by atoms with E-state index in [4.69, 9.17) is 0 Å². The summed E-state index contributed by atoms with van der Waals surface area (Å²) in [6.07, 6.45) is 0. The highest BCUT2D eigenvalue weighted by Crippen LogP contribution is 2.26. The van der Waals surface area contributed by atoms with Gasteiger partial charge in [-0.3, -0.25) is 20.2 Å². The van der Waals surface area contributed by atoms with Crippen LogP contribution in [0.3, 0.4) is 0 Å². The standard InChI is InChI=1S/2C14H12N4O3.C14H13N3O.C13H11N3O/c1-9-3-5-11(6-4-9)16-15-12-7-10(2)13(18(20)21)8-14(12)17(16)19;1-9-3-5-11(6-4-9)16-15-14-12(17(16)19)7-10(2)8-13(14)18(20)21;1-10-5-3-7-12(9-10)16-15-14-11(2)6-4-8-13(14)17(16)18;1-10-7-8-12-13(9-10)16(17)15(14-12)11-5-3-2-4-6-11/h2*3-8H,1-2H3;3-9H,1-2H3;2-9H,1H3. The molecular formula is C55H48N14O8. The van der Waals surface area contributed by atoms with Gasteiger partial charge in [-0.1, -0.05) is 83.9 Å². The highest BCUT2D eigenvalue weighted by atomic mass is 16.6. The normalized spacial score (nSPS) is 10.9. The van der Waals surface area contributed by atoms with Crippen LogP contribution in [0, 0.1) is 89.5 Å². The zero-order chi connectivity index (χ0) is 54.8. The number of rotatable bonds is 6. The smallest absolute Gasteiger partial charge is 0.327 e. The van der Waals surface area contributed by atoms with Gasteiger partial charge < -0.3 is 20.8 Å². The lowest BCUT2D eigenvalue weighted by molar-refractivity contribution is -0.664. The fraction of sp³-hybridized carbons (Fsp3) is 0.127. The number of aromatic nitrogens is 12. The van der Waals surface area contributed by atoms with Crippen molar-refractivity contribution in [2.45, 2.75) is 48.5 Å². The Labute approximate surface area is 437 Å². The molecule has 22 heteroatoms. The van der Waals surface area contributed by atoms with E-state index in [2.05, 4.69) is 20.4 Å². The zero-order valence-electron chi connectivity index (χ0n) is 42.6. The average Bonchev–Trinajstić information content (AvgIpc) is 4.16. The molecule has 0 atom stereocenters. The lowest BCUT2D eigenvalue weighted by Crippen LogP contribution is -2.37. The molecule has 0 spiro atoms. The molecule has 0 bridgehead atoms. The molecule has 77 heavy (non-hydrogen) atoms. The van der Waals surface area contributed by atoms with Gasteiger partial charge in [-0.15, -0.1) is 19.4 Å². The molecule has 0 amide bonds. The first kappa shape index (κ1) is 51.3. The second-order valence-electron chi connectivity index (χ2n) is 18.2. The molecule has 12 aromatic rings. The van der Waals surface area contributed by atoms with Crippen molar-refractivity contribution in [1.29, 1.82) is 0 Å². The molecule has 0 unspecified atom stereocenters. The van der Waals surface area contributed by atoms with Crippen LogP contribution in [-0.2, 0) is 0 Å². The summed E-state index contributed by atoms with van der Waals surface area (Å²) in [6, 6.07) is 48.7. The molecule has 4 aromatic heterocycles. The number of benzene rings is 8. The molecule has 0 N–H and O–H groups in total. The van der Waals surface area contributed by atoms with Crippen molar-refractivity contribution in [2.24, 2.45) is 0 Å². The number of hydrogen-bond donors (Lipinski definition) is 0. The predicted octanol–water partition coefficient (Wildman–Crippen LogP) is 8.61. The van der Waals surface area contributed by atoms with Gasteiger partial charge in [0, 0.05) is 23.3 Å². The molecule has 0 radical (unpaired) electrons. The summed E-state index contributed by atoms with van der Waals surface area (Å²) in [5.41, 5.74) is 12.3. The first-order chi connectivity index (χ1) is 36.9. The summed E-state index contributed by atoms with van der Waals surface area (Å²) in [6.45, 7) is 13.1. The number of aryl methyl sites for hydroxylation is 7. The number of nitro groups is 2. The predicted molar refractivity (Wildman–Crippen MR) is 287 cm³/mol. The van der Waals surface area contributed by atoms with Gasteiger partial charge in [0.2, 0.25) is 27.6 Å². The maximum atomic E-state index is 12.3. The molecule has 22 nitrogen and oxygen atoms in total. The molecule has 12 rings (SSSR count). The monoisotopic (exact) mass is 1030 g/mol. The van der Waals surface area contributed by atoms with E-state index in [1.807, 2.05) is 144 Å². The second-order valence-corrected chi connectivity index (χ2v) is 18.2. The lowest BCUT2D eigenvalue weighted by Gasteiger charge is -2.04. The van der Waals surface area contributed by atoms with E-state index in [-0.39, 0.29) is 27.9 Å². The Balaban J connectivity index is 0.000000126. The minimum absolute atomic E-state index is 0.0844. The van der Waals surface area contributed by atoms with Gasteiger partial charge in [0.1, 0.15) is 22.7 Å². The molecule has 8 aromatic carbocycles. The number of nitro benzene ring substituents is 2. The summed E-state index contributed by atoms with van der Waals surface area (Å²) in [5.74, 6) is 0. The number of non-ortho nitro benzene ring substituents is 1. The number of para-hydroxylation sites is 1. The topological polar surface area (TPSA) is 265 Å².